The first-order chi connectivity index (χ1) is 8.63. The van der Waals surface area contributed by atoms with Crippen molar-refractivity contribution in [2.75, 3.05) is 7.05 Å². The van der Waals surface area contributed by atoms with Gasteiger partial charge in [0.25, 0.3) is 0 Å². The standard InChI is InChI=1S/C15H15F2N/c1-10-7-8-11(16)9-13(10)15(18-2)12-5-3-4-6-14(12)17/h3-9,15,18H,1-2H3. The minimum atomic E-state index is -0.345. The first-order valence-corrected chi connectivity index (χ1v) is 5.81. The average molecular weight is 247 g/mol. The molecule has 3 heteroatoms. The van der Waals surface area contributed by atoms with Gasteiger partial charge in [0.15, 0.2) is 0 Å². The summed E-state index contributed by atoms with van der Waals surface area (Å²) in [6.07, 6.45) is 0. The number of hydrogen-bond donors (Lipinski definition) is 1. The van der Waals surface area contributed by atoms with Crippen molar-refractivity contribution in [3.8, 4) is 0 Å². The highest BCUT2D eigenvalue weighted by atomic mass is 19.1. The molecule has 0 saturated carbocycles. The van der Waals surface area contributed by atoms with E-state index in [1.807, 2.05) is 6.92 Å². The SMILES string of the molecule is CNC(c1cc(F)ccc1C)c1ccccc1F. The molecule has 2 aromatic carbocycles. The Kier molecular flexibility index (Phi) is 3.72. The van der Waals surface area contributed by atoms with Crippen molar-refractivity contribution in [1.82, 2.24) is 5.32 Å². The van der Waals surface area contributed by atoms with Crippen LogP contribution in [0, 0.1) is 18.6 Å². The van der Waals surface area contributed by atoms with Crippen LogP contribution in [0.2, 0.25) is 0 Å². The van der Waals surface area contributed by atoms with Crippen molar-refractivity contribution >= 4 is 0 Å². The zero-order valence-electron chi connectivity index (χ0n) is 10.4. The molecule has 0 aliphatic carbocycles. The molecule has 0 heterocycles. The van der Waals surface area contributed by atoms with Gasteiger partial charge in [0.05, 0.1) is 6.04 Å². The summed E-state index contributed by atoms with van der Waals surface area (Å²) < 4.78 is 27.1. The Labute approximate surface area is 105 Å². The molecule has 0 bridgehead atoms. The Morgan fingerprint density at radius 1 is 1.00 bits per heavy atom. The normalized spacial score (nSPS) is 12.4. The van der Waals surface area contributed by atoms with Gasteiger partial charge in [-0.3, -0.25) is 0 Å². The molecule has 1 nitrogen and oxygen atoms in total. The summed E-state index contributed by atoms with van der Waals surface area (Å²) in [6.45, 7) is 1.89. The Morgan fingerprint density at radius 2 is 1.72 bits per heavy atom. The zero-order chi connectivity index (χ0) is 13.1. The van der Waals surface area contributed by atoms with Gasteiger partial charge in [0.2, 0.25) is 0 Å². The van der Waals surface area contributed by atoms with E-state index in [0.717, 1.165) is 11.1 Å². The van der Waals surface area contributed by atoms with E-state index >= 15 is 0 Å². The number of benzene rings is 2. The van der Waals surface area contributed by atoms with Crippen LogP contribution in [-0.4, -0.2) is 7.05 Å². The fourth-order valence-electron chi connectivity index (χ4n) is 2.11. The van der Waals surface area contributed by atoms with Crippen LogP contribution in [0.5, 0.6) is 0 Å². The topological polar surface area (TPSA) is 12.0 Å². The highest BCUT2D eigenvalue weighted by Gasteiger charge is 2.17. The molecule has 0 saturated heterocycles. The van der Waals surface area contributed by atoms with Crippen LogP contribution in [0.1, 0.15) is 22.7 Å². The molecule has 2 rings (SSSR count). The highest BCUT2D eigenvalue weighted by molar-refractivity contribution is 5.37. The predicted octanol–water partition coefficient (Wildman–Crippen LogP) is 3.58. The molecular formula is C15H15F2N. The van der Waals surface area contributed by atoms with E-state index in [2.05, 4.69) is 5.32 Å². The van der Waals surface area contributed by atoms with Crippen LogP contribution in [0.15, 0.2) is 42.5 Å². The second kappa shape index (κ2) is 5.27. The van der Waals surface area contributed by atoms with Crippen molar-refractivity contribution in [2.24, 2.45) is 0 Å². The fraction of sp³-hybridized carbons (Fsp3) is 0.200. The van der Waals surface area contributed by atoms with Gasteiger partial charge in [-0.1, -0.05) is 24.3 Å². The van der Waals surface area contributed by atoms with Crippen LogP contribution >= 0.6 is 0 Å². The van der Waals surface area contributed by atoms with Crippen LogP contribution in [-0.2, 0) is 0 Å². The number of hydrogen-bond acceptors (Lipinski definition) is 1. The summed E-state index contributed by atoms with van der Waals surface area (Å²) >= 11 is 0. The van der Waals surface area contributed by atoms with Crippen molar-refractivity contribution in [2.45, 2.75) is 13.0 Å². The van der Waals surface area contributed by atoms with Crippen LogP contribution in [0.3, 0.4) is 0 Å². The quantitative estimate of drug-likeness (QED) is 0.874. The van der Waals surface area contributed by atoms with E-state index in [0.29, 0.717) is 5.56 Å². The van der Waals surface area contributed by atoms with Gasteiger partial charge in [-0.15, -0.1) is 0 Å². The molecule has 2 aromatic rings. The summed E-state index contributed by atoms with van der Waals surface area (Å²) in [5, 5.41) is 3.04. The lowest BCUT2D eigenvalue weighted by atomic mass is 9.94. The third-order valence-electron chi connectivity index (χ3n) is 3.06. The average Bonchev–Trinajstić information content (AvgIpc) is 2.36. The molecule has 0 fully saturated rings. The smallest absolute Gasteiger partial charge is 0.128 e. The third-order valence-corrected chi connectivity index (χ3v) is 3.06. The first-order valence-electron chi connectivity index (χ1n) is 5.81. The summed E-state index contributed by atoms with van der Waals surface area (Å²) in [6, 6.07) is 10.8. The Bertz CT molecular complexity index is 552. The van der Waals surface area contributed by atoms with E-state index in [1.54, 1.807) is 31.3 Å². The minimum absolute atomic E-state index is 0.291. The van der Waals surface area contributed by atoms with E-state index < -0.39 is 0 Å². The highest BCUT2D eigenvalue weighted by Crippen LogP contribution is 2.27. The van der Waals surface area contributed by atoms with Gasteiger partial charge in [0, 0.05) is 5.56 Å². The molecule has 18 heavy (non-hydrogen) atoms. The van der Waals surface area contributed by atoms with Gasteiger partial charge >= 0.3 is 0 Å². The maximum atomic E-state index is 13.8. The van der Waals surface area contributed by atoms with E-state index in [9.17, 15) is 8.78 Å². The number of rotatable bonds is 3. The van der Waals surface area contributed by atoms with Crippen LogP contribution < -0.4 is 5.32 Å². The Hall–Kier alpha value is -1.74. The second-order valence-corrected chi connectivity index (χ2v) is 4.24. The van der Waals surface area contributed by atoms with Gasteiger partial charge in [0.1, 0.15) is 11.6 Å². The summed E-state index contributed by atoms with van der Waals surface area (Å²) in [4.78, 5) is 0. The minimum Gasteiger partial charge on any atom is -0.309 e. The maximum absolute atomic E-state index is 13.8. The molecule has 94 valence electrons. The van der Waals surface area contributed by atoms with Crippen molar-refractivity contribution in [3.05, 3.63) is 70.8 Å². The summed E-state index contributed by atoms with van der Waals surface area (Å²) in [7, 11) is 1.74. The molecule has 1 atom stereocenters. The fourth-order valence-corrected chi connectivity index (χ4v) is 2.11. The van der Waals surface area contributed by atoms with Crippen LogP contribution in [0.4, 0.5) is 8.78 Å². The van der Waals surface area contributed by atoms with Gasteiger partial charge in [-0.2, -0.15) is 0 Å². The molecule has 0 radical (unpaired) electrons. The van der Waals surface area contributed by atoms with Crippen molar-refractivity contribution in [3.63, 3.8) is 0 Å². The second-order valence-electron chi connectivity index (χ2n) is 4.24. The lowest BCUT2D eigenvalue weighted by Crippen LogP contribution is -2.20. The number of aryl methyl sites for hydroxylation is 1. The van der Waals surface area contributed by atoms with E-state index in [1.165, 1.54) is 18.2 Å². The maximum Gasteiger partial charge on any atom is 0.128 e. The largest absolute Gasteiger partial charge is 0.309 e. The summed E-state index contributed by atoms with van der Waals surface area (Å²) in [5.74, 6) is -0.604. The van der Waals surface area contributed by atoms with Gasteiger partial charge in [-0.25, -0.2) is 8.78 Å². The lowest BCUT2D eigenvalue weighted by molar-refractivity contribution is 0.570. The molecule has 0 aliphatic rings. The van der Waals surface area contributed by atoms with E-state index in [4.69, 9.17) is 0 Å². The van der Waals surface area contributed by atoms with Gasteiger partial charge in [-0.05, 0) is 43.3 Å². The number of halogens is 2. The molecule has 0 aliphatic heterocycles. The van der Waals surface area contributed by atoms with E-state index in [-0.39, 0.29) is 17.7 Å². The van der Waals surface area contributed by atoms with Gasteiger partial charge < -0.3 is 5.32 Å². The molecule has 0 aromatic heterocycles. The zero-order valence-corrected chi connectivity index (χ0v) is 10.4. The molecule has 0 spiro atoms. The first kappa shape index (κ1) is 12.7. The molecule has 1 N–H and O–H groups in total. The summed E-state index contributed by atoms with van der Waals surface area (Å²) in [5.41, 5.74) is 2.20. The number of nitrogens with one attached hydrogen (secondary N) is 1. The molecular weight excluding hydrogens is 232 g/mol. The molecule has 0 amide bonds. The van der Waals surface area contributed by atoms with Crippen LogP contribution in [0.25, 0.3) is 0 Å². The van der Waals surface area contributed by atoms with Crippen molar-refractivity contribution < 1.29 is 8.78 Å². The third kappa shape index (κ3) is 2.41. The lowest BCUT2D eigenvalue weighted by Gasteiger charge is -2.20. The Morgan fingerprint density at radius 3 is 2.39 bits per heavy atom. The predicted molar refractivity (Wildman–Crippen MR) is 68.4 cm³/mol. The Balaban J connectivity index is 2.52. The molecule has 1 unspecified atom stereocenters. The monoisotopic (exact) mass is 247 g/mol. The van der Waals surface area contributed by atoms with Crippen molar-refractivity contribution in [1.29, 1.82) is 0 Å².